The lowest BCUT2D eigenvalue weighted by atomic mass is 10.2. The molecular weight excluding hydrogens is 300 g/mol. The number of rotatable bonds is 0. The maximum Gasteiger partial charge on any atom is 0.193 e. The number of hydrogen-bond acceptors (Lipinski definition) is 2. The lowest BCUT2D eigenvalue weighted by molar-refractivity contribution is 0.600. The molecule has 13 heavy (non-hydrogen) atoms. The molecule has 0 aliphatic heterocycles. The minimum Gasteiger partial charge on any atom is -0.463 e. The van der Waals surface area contributed by atoms with Gasteiger partial charge in [0.1, 0.15) is 0 Å². The highest BCUT2D eigenvalue weighted by atomic mass is 79.9. The van der Waals surface area contributed by atoms with E-state index < -0.39 is 0 Å². The third kappa shape index (κ3) is 1.44. The first-order valence-corrected chi connectivity index (χ1v) is 5.14. The van der Waals surface area contributed by atoms with Crippen molar-refractivity contribution in [2.75, 3.05) is 0 Å². The highest BCUT2D eigenvalue weighted by molar-refractivity contribution is 9.11. The molecule has 0 spiro atoms. The molecule has 2 rings (SSSR count). The van der Waals surface area contributed by atoms with E-state index in [-0.39, 0.29) is 5.43 Å². The Morgan fingerprint density at radius 1 is 1.08 bits per heavy atom. The van der Waals surface area contributed by atoms with Gasteiger partial charge in [0.05, 0.1) is 16.1 Å². The average molecular weight is 304 g/mol. The van der Waals surface area contributed by atoms with Gasteiger partial charge in [-0.3, -0.25) is 4.79 Å². The molecule has 0 unspecified atom stereocenters. The first kappa shape index (κ1) is 8.97. The Labute approximate surface area is 90.8 Å². The summed E-state index contributed by atoms with van der Waals surface area (Å²) in [6.07, 6.45) is 1.39. The van der Waals surface area contributed by atoms with Crippen LogP contribution in [0.15, 0.2) is 42.6 Å². The van der Waals surface area contributed by atoms with Crippen LogP contribution in [0.2, 0.25) is 0 Å². The molecule has 0 atom stereocenters. The van der Waals surface area contributed by atoms with Crippen LogP contribution >= 0.6 is 31.9 Å². The van der Waals surface area contributed by atoms with Crippen LogP contribution in [0.5, 0.6) is 0 Å². The normalized spacial score (nSPS) is 10.6. The smallest absolute Gasteiger partial charge is 0.193 e. The summed E-state index contributed by atoms with van der Waals surface area (Å²) < 4.78 is 6.76. The van der Waals surface area contributed by atoms with Crippen LogP contribution in [0.3, 0.4) is 0 Å². The highest BCUT2D eigenvalue weighted by Gasteiger charge is 2.07. The van der Waals surface area contributed by atoms with Gasteiger partial charge in [-0.25, -0.2) is 0 Å². The molecule has 1 heterocycles. The Morgan fingerprint density at radius 3 is 2.46 bits per heavy atom. The molecule has 0 radical (unpaired) electrons. The van der Waals surface area contributed by atoms with Gasteiger partial charge in [-0.05, 0) is 44.0 Å². The molecule has 1 aromatic heterocycles. The van der Waals surface area contributed by atoms with Crippen LogP contribution < -0.4 is 5.43 Å². The molecule has 4 heteroatoms. The predicted octanol–water partition coefficient (Wildman–Crippen LogP) is 3.32. The molecule has 0 bridgehead atoms. The molecule has 0 fully saturated rings. The van der Waals surface area contributed by atoms with Crippen molar-refractivity contribution < 1.29 is 4.42 Å². The third-order valence-electron chi connectivity index (χ3n) is 1.71. The molecule has 0 saturated heterocycles. The van der Waals surface area contributed by atoms with Crippen molar-refractivity contribution in [3.63, 3.8) is 0 Å². The second kappa shape index (κ2) is 3.27. The summed E-state index contributed by atoms with van der Waals surface area (Å²) in [6.45, 7) is 0. The number of hydrogen-bond donors (Lipinski definition) is 0. The molecule has 2 nitrogen and oxygen atoms in total. The monoisotopic (exact) mass is 302 g/mol. The molecule has 1 aromatic carbocycles. The third-order valence-corrected chi connectivity index (χ3v) is 3.00. The van der Waals surface area contributed by atoms with Crippen LogP contribution in [0, 0.1) is 0 Å². The maximum absolute atomic E-state index is 11.4. The largest absolute Gasteiger partial charge is 0.463 e. The topological polar surface area (TPSA) is 30.2 Å². The van der Waals surface area contributed by atoms with E-state index in [9.17, 15) is 4.79 Å². The van der Waals surface area contributed by atoms with Gasteiger partial charge in [0.2, 0.25) is 0 Å². The lowest BCUT2D eigenvalue weighted by Gasteiger charge is -1.99. The van der Waals surface area contributed by atoms with Crippen molar-refractivity contribution in [1.29, 1.82) is 0 Å². The SMILES string of the molecule is O=c1ccoc2c(Br)ccc(Br)c12. The van der Waals surface area contributed by atoms with E-state index in [0.29, 0.717) is 11.0 Å². The van der Waals surface area contributed by atoms with Gasteiger partial charge in [0.25, 0.3) is 0 Å². The molecule has 0 saturated carbocycles. The summed E-state index contributed by atoms with van der Waals surface area (Å²) >= 11 is 6.61. The summed E-state index contributed by atoms with van der Waals surface area (Å²) in [6, 6.07) is 5.04. The summed E-state index contributed by atoms with van der Waals surface area (Å²) in [4.78, 5) is 11.4. The van der Waals surface area contributed by atoms with Crippen LogP contribution in [-0.4, -0.2) is 0 Å². The zero-order chi connectivity index (χ0) is 9.42. The van der Waals surface area contributed by atoms with Crippen LogP contribution in [0.25, 0.3) is 11.0 Å². The van der Waals surface area contributed by atoms with Gasteiger partial charge in [-0.2, -0.15) is 0 Å². The summed E-state index contributed by atoms with van der Waals surface area (Å²) in [5.74, 6) is 0. The van der Waals surface area contributed by atoms with Crippen molar-refractivity contribution in [2.45, 2.75) is 0 Å². The molecule has 0 N–H and O–H groups in total. The van der Waals surface area contributed by atoms with Gasteiger partial charge >= 0.3 is 0 Å². The second-order valence-corrected chi connectivity index (χ2v) is 4.23. The van der Waals surface area contributed by atoms with Crippen LogP contribution in [0.4, 0.5) is 0 Å². The molecule has 2 aromatic rings. The van der Waals surface area contributed by atoms with E-state index in [0.717, 1.165) is 8.95 Å². The van der Waals surface area contributed by atoms with E-state index in [1.807, 2.05) is 12.1 Å². The molecule has 66 valence electrons. The predicted molar refractivity (Wildman–Crippen MR) is 57.9 cm³/mol. The average Bonchev–Trinajstić information content (AvgIpc) is 2.12. The van der Waals surface area contributed by atoms with E-state index in [2.05, 4.69) is 31.9 Å². The number of halogens is 2. The summed E-state index contributed by atoms with van der Waals surface area (Å²) in [5.41, 5.74) is 0.524. The second-order valence-electron chi connectivity index (χ2n) is 2.52. The lowest BCUT2D eigenvalue weighted by Crippen LogP contribution is -1.98. The maximum atomic E-state index is 11.4. The molecule has 0 aliphatic rings. The van der Waals surface area contributed by atoms with Gasteiger partial charge in [0, 0.05) is 10.5 Å². The Morgan fingerprint density at radius 2 is 1.77 bits per heavy atom. The van der Waals surface area contributed by atoms with Gasteiger partial charge in [0.15, 0.2) is 11.0 Å². The van der Waals surface area contributed by atoms with Gasteiger partial charge in [-0.1, -0.05) is 0 Å². The minimum atomic E-state index is -0.0468. The number of fused-ring (bicyclic) bond motifs is 1. The van der Waals surface area contributed by atoms with Crippen LogP contribution in [-0.2, 0) is 0 Å². The van der Waals surface area contributed by atoms with Crippen molar-refractivity contribution in [3.8, 4) is 0 Å². The molecule has 0 aliphatic carbocycles. The fraction of sp³-hybridized carbons (Fsp3) is 0. The van der Waals surface area contributed by atoms with Crippen LogP contribution in [0.1, 0.15) is 0 Å². The van der Waals surface area contributed by atoms with Crippen molar-refractivity contribution >= 4 is 42.8 Å². The van der Waals surface area contributed by atoms with E-state index in [1.165, 1.54) is 12.3 Å². The zero-order valence-electron chi connectivity index (χ0n) is 6.38. The Bertz CT molecular complexity index is 516. The Kier molecular flexibility index (Phi) is 2.26. The van der Waals surface area contributed by atoms with Gasteiger partial charge in [-0.15, -0.1) is 0 Å². The molecule has 0 amide bonds. The fourth-order valence-electron chi connectivity index (χ4n) is 1.13. The van der Waals surface area contributed by atoms with Crippen molar-refractivity contribution in [2.24, 2.45) is 0 Å². The quantitative estimate of drug-likeness (QED) is 0.747. The van der Waals surface area contributed by atoms with Gasteiger partial charge < -0.3 is 4.42 Å². The first-order valence-electron chi connectivity index (χ1n) is 3.55. The van der Waals surface area contributed by atoms with E-state index >= 15 is 0 Å². The number of benzene rings is 1. The van der Waals surface area contributed by atoms with Crippen molar-refractivity contribution in [3.05, 3.63) is 43.6 Å². The van der Waals surface area contributed by atoms with E-state index in [1.54, 1.807) is 0 Å². The van der Waals surface area contributed by atoms with E-state index in [4.69, 9.17) is 4.42 Å². The minimum absolute atomic E-state index is 0.0468. The Hall–Kier alpha value is -0.610. The standard InChI is InChI=1S/C9H4Br2O2/c10-5-1-2-6(11)9-8(5)7(12)3-4-13-9/h1-4H. The summed E-state index contributed by atoms with van der Waals surface area (Å²) in [5, 5.41) is 0.567. The Balaban J connectivity index is 3.09. The highest BCUT2D eigenvalue weighted by Crippen LogP contribution is 2.27. The first-order chi connectivity index (χ1) is 6.20. The molecular formula is C9H4Br2O2. The zero-order valence-corrected chi connectivity index (χ0v) is 9.55. The fourth-order valence-corrected chi connectivity index (χ4v) is 2.06. The van der Waals surface area contributed by atoms with Crippen molar-refractivity contribution in [1.82, 2.24) is 0 Å². The summed E-state index contributed by atoms with van der Waals surface area (Å²) in [7, 11) is 0.